The first-order valence-electron chi connectivity index (χ1n) is 12.6. The van der Waals surface area contributed by atoms with E-state index in [0.717, 1.165) is 5.56 Å². The molecule has 0 saturated carbocycles. The van der Waals surface area contributed by atoms with Crippen LogP contribution in [0.4, 0.5) is 9.18 Å². The van der Waals surface area contributed by atoms with Crippen molar-refractivity contribution in [2.45, 2.75) is 44.2 Å². The topological polar surface area (TPSA) is 88.1 Å². The Morgan fingerprint density at radius 1 is 1.08 bits per heavy atom. The maximum absolute atomic E-state index is 14.1. The molecule has 200 valence electrons. The summed E-state index contributed by atoms with van der Waals surface area (Å²) in [7, 11) is 1.81. The van der Waals surface area contributed by atoms with Gasteiger partial charge in [-0.15, -0.1) is 0 Å². The van der Waals surface area contributed by atoms with Crippen LogP contribution in [0.1, 0.15) is 30.0 Å². The van der Waals surface area contributed by atoms with Crippen LogP contribution in [0.3, 0.4) is 0 Å². The van der Waals surface area contributed by atoms with Gasteiger partial charge in [0.05, 0.1) is 12.1 Å². The predicted octanol–water partition coefficient (Wildman–Crippen LogP) is 5.00. The smallest absolute Gasteiger partial charge is 0.348 e. The van der Waals surface area contributed by atoms with Crippen LogP contribution >= 0.6 is 0 Å². The van der Waals surface area contributed by atoms with Crippen LogP contribution < -0.4 is 14.8 Å². The van der Waals surface area contributed by atoms with E-state index in [1.54, 1.807) is 35.2 Å². The van der Waals surface area contributed by atoms with Gasteiger partial charge >= 0.3 is 12.0 Å². The average molecular weight is 521 g/mol. The Balaban J connectivity index is 1.39. The summed E-state index contributed by atoms with van der Waals surface area (Å²) >= 11 is 0. The zero-order valence-corrected chi connectivity index (χ0v) is 21.9. The predicted molar refractivity (Wildman–Crippen MR) is 142 cm³/mol. The molecule has 2 N–H and O–H groups in total. The van der Waals surface area contributed by atoms with Crippen molar-refractivity contribution in [1.82, 2.24) is 10.2 Å². The number of carbonyl (C=O) groups excluding carboxylic acids is 1. The molecule has 1 saturated heterocycles. The van der Waals surface area contributed by atoms with Crippen LogP contribution in [0.5, 0.6) is 11.5 Å². The highest BCUT2D eigenvalue weighted by atomic mass is 19.1. The fourth-order valence-electron chi connectivity index (χ4n) is 4.68. The Kier molecular flexibility index (Phi) is 7.90. The number of halogens is 1. The van der Waals surface area contributed by atoms with Crippen LogP contribution in [0, 0.1) is 12.7 Å². The number of aliphatic carboxylic acids is 1. The number of carboxylic acid groups (broad SMARTS) is 1. The quantitative estimate of drug-likeness (QED) is 0.371. The minimum Gasteiger partial charge on any atom is -0.494 e. The number of likely N-dealkylation sites (N-methyl/N-ethyl adjacent to an activating group) is 1. The molecular weight excluding hydrogens is 487 g/mol. The van der Waals surface area contributed by atoms with E-state index in [1.807, 2.05) is 14.0 Å². The molecule has 2 amide bonds. The summed E-state index contributed by atoms with van der Waals surface area (Å²) in [4.78, 5) is 26.1. The minimum absolute atomic E-state index is 0.0369. The number of ether oxygens (including phenoxy) is 2. The highest BCUT2D eigenvalue weighted by Gasteiger charge is 2.43. The number of nitrogens with one attached hydrogen (secondary N) is 1. The minimum atomic E-state index is -1.65. The van der Waals surface area contributed by atoms with Gasteiger partial charge in [0.1, 0.15) is 5.75 Å². The largest absolute Gasteiger partial charge is 0.494 e. The molecule has 1 heterocycles. The first-order valence-corrected chi connectivity index (χ1v) is 12.6. The van der Waals surface area contributed by atoms with Gasteiger partial charge in [0.2, 0.25) is 5.60 Å². The van der Waals surface area contributed by atoms with Crippen molar-refractivity contribution in [3.05, 3.63) is 95.3 Å². The van der Waals surface area contributed by atoms with Gasteiger partial charge in [0, 0.05) is 26.4 Å². The van der Waals surface area contributed by atoms with Gasteiger partial charge in [-0.2, -0.15) is 0 Å². The number of benzene rings is 3. The van der Waals surface area contributed by atoms with Gasteiger partial charge in [0.25, 0.3) is 0 Å². The van der Waals surface area contributed by atoms with E-state index in [2.05, 4.69) is 29.6 Å². The zero-order chi connectivity index (χ0) is 27.3. The Bertz CT molecular complexity index is 1280. The van der Waals surface area contributed by atoms with E-state index < -0.39 is 22.9 Å². The van der Waals surface area contributed by atoms with Gasteiger partial charge in [-0.3, -0.25) is 0 Å². The molecule has 1 aliphatic heterocycles. The lowest BCUT2D eigenvalue weighted by Crippen LogP contribution is -2.47. The molecule has 1 fully saturated rings. The SMILES string of the molecule is Cc1ccc(CC2(CCOc3ccc(CC(C)(Oc4ccccc4F)C(=O)O)cc3)CNC(=O)N2C)cc1. The normalized spacial score (nSPS) is 18.5. The number of aryl methyl sites for hydroxylation is 1. The monoisotopic (exact) mass is 520 g/mol. The Morgan fingerprint density at radius 2 is 1.74 bits per heavy atom. The van der Waals surface area contributed by atoms with Gasteiger partial charge in [-0.1, -0.05) is 54.1 Å². The van der Waals surface area contributed by atoms with Gasteiger partial charge in [-0.25, -0.2) is 14.0 Å². The van der Waals surface area contributed by atoms with E-state index in [0.29, 0.717) is 37.3 Å². The first-order chi connectivity index (χ1) is 18.1. The molecule has 0 aliphatic carbocycles. The second-order valence-electron chi connectivity index (χ2n) is 10.1. The van der Waals surface area contributed by atoms with Crippen LogP contribution in [-0.2, 0) is 17.6 Å². The Morgan fingerprint density at radius 3 is 2.34 bits per heavy atom. The number of hydrogen-bond acceptors (Lipinski definition) is 4. The van der Waals surface area contributed by atoms with E-state index in [1.165, 1.54) is 30.7 Å². The Labute approximate surface area is 222 Å². The molecule has 3 aromatic carbocycles. The second-order valence-corrected chi connectivity index (χ2v) is 10.1. The summed E-state index contributed by atoms with van der Waals surface area (Å²) in [6, 6.07) is 21.1. The summed E-state index contributed by atoms with van der Waals surface area (Å²) in [5.41, 5.74) is 0.993. The maximum Gasteiger partial charge on any atom is 0.348 e. The third kappa shape index (κ3) is 6.07. The van der Waals surface area contributed by atoms with Crippen molar-refractivity contribution in [2.24, 2.45) is 0 Å². The van der Waals surface area contributed by atoms with Gasteiger partial charge in [0.15, 0.2) is 11.6 Å². The molecule has 0 radical (unpaired) electrons. The molecular formula is C30H33FN2O5. The number of hydrogen-bond donors (Lipinski definition) is 2. The van der Waals surface area contributed by atoms with E-state index in [-0.39, 0.29) is 18.2 Å². The fourth-order valence-corrected chi connectivity index (χ4v) is 4.68. The summed E-state index contributed by atoms with van der Waals surface area (Å²) in [5, 5.41) is 12.7. The van der Waals surface area contributed by atoms with Crippen LogP contribution in [0.25, 0.3) is 0 Å². The number of urea groups is 1. The van der Waals surface area contributed by atoms with Crippen molar-refractivity contribution in [2.75, 3.05) is 20.2 Å². The summed E-state index contributed by atoms with van der Waals surface area (Å²) in [6.45, 7) is 4.40. The maximum atomic E-state index is 14.1. The van der Waals surface area contributed by atoms with Crippen molar-refractivity contribution >= 4 is 12.0 Å². The number of nitrogens with zero attached hydrogens (tertiary/aromatic N) is 1. The number of amides is 2. The molecule has 7 nitrogen and oxygen atoms in total. The summed E-state index contributed by atoms with van der Waals surface area (Å²) in [5.74, 6) is -1.29. The molecule has 38 heavy (non-hydrogen) atoms. The second kappa shape index (κ2) is 11.1. The number of carbonyl (C=O) groups is 2. The zero-order valence-electron chi connectivity index (χ0n) is 21.9. The van der Waals surface area contributed by atoms with E-state index in [4.69, 9.17) is 9.47 Å². The van der Waals surface area contributed by atoms with Gasteiger partial charge in [-0.05, 0) is 55.7 Å². The molecule has 8 heteroatoms. The standard InChI is InChI=1S/C30H33FN2O5/c1-21-8-10-23(11-9-21)19-30(20-32-28(36)33(30)3)16-17-37-24-14-12-22(13-15-24)18-29(2,27(34)35)38-26-7-5-4-6-25(26)31/h4-15H,16-20H2,1-3H3,(H,32,36)(H,34,35). The average Bonchev–Trinajstić information content (AvgIpc) is 3.16. The molecule has 3 aromatic rings. The molecule has 1 aliphatic rings. The third-order valence-electron chi connectivity index (χ3n) is 7.16. The third-order valence-corrected chi connectivity index (χ3v) is 7.16. The number of carboxylic acids is 1. The van der Waals surface area contributed by atoms with Crippen molar-refractivity contribution in [1.29, 1.82) is 0 Å². The summed E-state index contributed by atoms with van der Waals surface area (Å²) < 4.78 is 25.7. The molecule has 0 bridgehead atoms. The van der Waals surface area contributed by atoms with Crippen molar-refractivity contribution in [3.63, 3.8) is 0 Å². The number of para-hydroxylation sites is 1. The van der Waals surface area contributed by atoms with Gasteiger partial charge < -0.3 is 24.8 Å². The van der Waals surface area contributed by atoms with Crippen molar-refractivity contribution in [3.8, 4) is 11.5 Å². The molecule has 0 spiro atoms. The molecule has 2 unspecified atom stereocenters. The van der Waals surface area contributed by atoms with Crippen LogP contribution in [-0.4, -0.2) is 53.3 Å². The number of rotatable bonds is 11. The van der Waals surface area contributed by atoms with E-state index >= 15 is 0 Å². The lowest BCUT2D eigenvalue weighted by Gasteiger charge is -2.35. The Hall–Kier alpha value is -4.07. The van der Waals surface area contributed by atoms with Crippen LogP contribution in [0.15, 0.2) is 72.8 Å². The molecule has 4 rings (SSSR count). The highest BCUT2D eigenvalue weighted by molar-refractivity contribution is 5.78. The first kappa shape index (κ1) is 27.0. The highest BCUT2D eigenvalue weighted by Crippen LogP contribution is 2.29. The summed E-state index contributed by atoms with van der Waals surface area (Å²) in [6.07, 6.45) is 1.38. The lowest BCUT2D eigenvalue weighted by atomic mass is 9.87. The lowest BCUT2D eigenvalue weighted by molar-refractivity contribution is -0.153. The fraction of sp³-hybridized carbons (Fsp3) is 0.333. The van der Waals surface area contributed by atoms with Crippen molar-refractivity contribution < 1.29 is 28.6 Å². The molecule has 2 atom stereocenters. The molecule has 0 aromatic heterocycles. The van der Waals surface area contributed by atoms with Crippen LogP contribution in [0.2, 0.25) is 0 Å². The van der Waals surface area contributed by atoms with E-state index in [9.17, 15) is 19.1 Å².